The number of hydrazone groups is 1. The van der Waals surface area contributed by atoms with Gasteiger partial charge in [0, 0.05) is 19.7 Å². The molecule has 0 radical (unpaired) electrons. The molecule has 2 aliphatic rings. The van der Waals surface area contributed by atoms with Crippen molar-refractivity contribution >= 4 is 53.6 Å². The van der Waals surface area contributed by atoms with E-state index in [9.17, 15) is 14.4 Å². The Labute approximate surface area is 165 Å². The van der Waals surface area contributed by atoms with Crippen LogP contribution in [0.2, 0.25) is 10.0 Å². The fourth-order valence-electron chi connectivity index (χ4n) is 2.85. The first-order valence-electron chi connectivity index (χ1n) is 7.90. The molecule has 1 aromatic rings. The molecule has 142 valence electrons. The number of rotatable bonds is 4. The monoisotopic (exact) mass is 410 g/mol. The largest absolute Gasteiger partial charge is 0.338 e. The smallest absolute Gasteiger partial charge is 0.328 e. The summed E-state index contributed by atoms with van der Waals surface area (Å²) in [4.78, 5) is 44.5. The first kappa shape index (κ1) is 19.1. The number of hydrogen-bond acceptors (Lipinski definition) is 6. The average Bonchev–Trinajstić information content (AvgIpc) is 3.04. The Balaban J connectivity index is 1.63. The summed E-state index contributed by atoms with van der Waals surface area (Å²) in [5.41, 5.74) is 2.84. The van der Waals surface area contributed by atoms with Gasteiger partial charge in [-0.3, -0.25) is 14.5 Å². The van der Waals surface area contributed by atoms with Crippen molar-refractivity contribution < 1.29 is 14.4 Å². The van der Waals surface area contributed by atoms with E-state index < -0.39 is 30.1 Å². The number of benzene rings is 1. The van der Waals surface area contributed by atoms with Crippen LogP contribution in [-0.4, -0.2) is 77.9 Å². The van der Waals surface area contributed by atoms with E-state index in [2.05, 4.69) is 15.5 Å². The number of carbonyl (C=O) groups is 3. The normalized spacial score (nSPS) is 22.0. The van der Waals surface area contributed by atoms with Gasteiger partial charge in [0.25, 0.3) is 11.8 Å². The number of amides is 4. The molecule has 0 aromatic heterocycles. The van der Waals surface area contributed by atoms with Gasteiger partial charge >= 0.3 is 6.03 Å². The molecule has 4 amide bonds. The van der Waals surface area contributed by atoms with Crippen molar-refractivity contribution in [3.63, 3.8) is 0 Å². The number of halogens is 2. The molecule has 0 spiro atoms. The van der Waals surface area contributed by atoms with Crippen LogP contribution in [0.3, 0.4) is 0 Å². The van der Waals surface area contributed by atoms with Crippen LogP contribution in [0.1, 0.15) is 5.56 Å². The van der Waals surface area contributed by atoms with Gasteiger partial charge in [-0.2, -0.15) is 5.10 Å². The lowest BCUT2D eigenvalue weighted by molar-refractivity contribution is -0.136. The van der Waals surface area contributed by atoms with Gasteiger partial charge in [-0.1, -0.05) is 29.3 Å². The predicted molar refractivity (Wildman–Crippen MR) is 101 cm³/mol. The molecule has 0 saturated carbocycles. The highest BCUT2D eigenvalue weighted by Gasteiger charge is 2.48. The number of nitrogens with zero attached hydrogens (tertiary/aromatic N) is 5. The zero-order chi connectivity index (χ0) is 19.7. The SMILES string of the molecule is CN1C(=O)C2C(N=CN2CC(=O)N/N=C/c2c(Cl)cccc2Cl)N(C)C1=O. The van der Waals surface area contributed by atoms with Crippen molar-refractivity contribution in [2.45, 2.75) is 12.2 Å². The van der Waals surface area contributed by atoms with Crippen LogP contribution in [0.15, 0.2) is 28.3 Å². The number of carbonyl (C=O) groups excluding carboxylic acids is 3. The standard InChI is InChI=1S/C16H16Cl2N6O3/c1-22-14-13(15(26)23(2)16(22)27)24(8-19-14)7-12(25)21-20-6-9-10(17)4-3-5-11(9)18/h3-6,8,13-14H,7H2,1-2H3,(H,21,25)/b20-6+. The second kappa shape index (κ2) is 7.53. The maximum absolute atomic E-state index is 12.4. The van der Waals surface area contributed by atoms with Crippen molar-refractivity contribution in [1.82, 2.24) is 20.1 Å². The highest BCUT2D eigenvalue weighted by atomic mass is 35.5. The summed E-state index contributed by atoms with van der Waals surface area (Å²) in [5, 5.41) is 4.65. The minimum absolute atomic E-state index is 0.153. The molecule has 27 heavy (non-hydrogen) atoms. The highest BCUT2D eigenvalue weighted by Crippen LogP contribution is 2.24. The molecule has 9 nitrogen and oxygen atoms in total. The number of imide groups is 1. The van der Waals surface area contributed by atoms with Crippen molar-refractivity contribution in [3.05, 3.63) is 33.8 Å². The lowest BCUT2D eigenvalue weighted by atomic mass is 10.1. The number of urea groups is 1. The number of nitrogens with one attached hydrogen (secondary N) is 1. The van der Waals surface area contributed by atoms with Crippen LogP contribution < -0.4 is 5.43 Å². The maximum atomic E-state index is 12.4. The molecule has 11 heteroatoms. The van der Waals surface area contributed by atoms with Gasteiger partial charge in [0.2, 0.25) is 0 Å². The molecule has 3 rings (SSSR count). The summed E-state index contributed by atoms with van der Waals surface area (Å²) in [6, 6.07) is 3.82. The number of hydrogen-bond donors (Lipinski definition) is 1. The molecule has 1 aromatic carbocycles. The van der Waals surface area contributed by atoms with Gasteiger partial charge in [0.05, 0.1) is 22.6 Å². The van der Waals surface area contributed by atoms with E-state index in [0.29, 0.717) is 15.6 Å². The predicted octanol–water partition coefficient (Wildman–Crippen LogP) is 1.01. The minimum Gasteiger partial charge on any atom is -0.338 e. The molecule has 1 fully saturated rings. The second-order valence-corrected chi connectivity index (χ2v) is 6.83. The maximum Gasteiger partial charge on any atom is 0.328 e. The Morgan fingerprint density at radius 3 is 2.63 bits per heavy atom. The number of likely N-dealkylation sites (N-methyl/N-ethyl adjacent to an activating group) is 2. The third-order valence-corrected chi connectivity index (χ3v) is 4.94. The molecule has 0 bridgehead atoms. The van der Waals surface area contributed by atoms with E-state index in [1.54, 1.807) is 25.2 Å². The van der Waals surface area contributed by atoms with Crippen molar-refractivity contribution in [3.8, 4) is 0 Å². The summed E-state index contributed by atoms with van der Waals surface area (Å²) >= 11 is 12.1. The molecule has 2 heterocycles. The zero-order valence-corrected chi connectivity index (χ0v) is 16.0. The van der Waals surface area contributed by atoms with Gasteiger partial charge in [-0.15, -0.1) is 0 Å². The Hall–Kier alpha value is -2.65. The zero-order valence-electron chi connectivity index (χ0n) is 14.5. The molecular formula is C16H16Cl2N6O3. The lowest BCUT2D eigenvalue weighted by Gasteiger charge is -2.39. The van der Waals surface area contributed by atoms with E-state index >= 15 is 0 Å². The summed E-state index contributed by atoms with van der Waals surface area (Å²) in [6.45, 7) is -0.153. The number of fused-ring (bicyclic) bond motifs is 1. The van der Waals surface area contributed by atoms with Gasteiger partial charge in [-0.05, 0) is 12.1 Å². The molecular weight excluding hydrogens is 395 g/mol. The van der Waals surface area contributed by atoms with Gasteiger partial charge < -0.3 is 9.80 Å². The molecule has 0 aliphatic carbocycles. The quantitative estimate of drug-likeness (QED) is 0.591. The summed E-state index contributed by atoms with van der Waals surface area (Å²) in [6.07, 6.45) is 2.08. The van der Waals surface area contributed by atoms with Crippen molar-refractivity contribution in [2.75, 3.05) is 20.6 Å². The van der Waals surface area contributed by atoms with Crippen LogP contribution in [0.5, 0.6) is 0 Å². The summed E-state index contributed by atoms with van der Waals surface area (Å²) < 4.78 is 0. The Kier molecular flexibility index (Phi) is 5.33. The van der Waals surface area contributed by atoms with Crippen LogP contribution in [0.4, 0.5) is 4.79 Å². The van der Waals surface area contributed by atoms with Gasteiger partial charge in [0.15, 0.2) is 12.2 Å². The van der Waals surface area contributed by atoms with E-state index in [-0.39, 0.29) is 6.54 Å². The first-order valence-corrected chi connectivity index (χ1v) is 8.66. The van der Waals surface area contributed by atoms with Crippen molar-refractivity contribution in [1.29, 1.82) is 0 Å². The molecule has 1 N–H and O–H groups in total. The summed E-state index contributed by atoms with van der Waals surface area (Å²) in [5.74, 6) is -0.878. The van der Waals surface area contributed by atoms with Crippen LogP contribution in [0, 0.1) is 0 Å². The van der Waals surface area contributed by atoms with Gasteiger partial charge in [-0.25, -0.2) is 15.2 Å². The molecule has 2 unspecified atom stereocenters. The fraction of sp³-hybridized carbons (Fsp3) is 0.312. The summed E-state index contributed by atoms with van der Waals surface area (Å²) in [7, 11) is 2.95. The van der Waals surface area contributed by atoms with E-state index in [1.807, 2.05) is 0 Å². The fourth-order valence-corrected chi connectivity index (χ4v) is 3.34. The Bertz CT molecular complexity index is 838. The number of aliphatic imine (C=N–C) groups is 1. The molecule has 2 aliphatic heterocycles. The minimum atomic E-state index is -0.745. The topological polar surface area (TPSA) is 97.7 Å². The van der Waals surface area contributed by atoms with Crippen LogP contribution >= 0.6 is 23.2 Å². The van der Waals surface area contributed by atoms with E-state index in [1.165, 1.54) is 29.4 Å². The van der Waals surface area contributed by atoms with Gasteiger partial charge in [0.1, 0.15) is 6.54 Å². The average molecular weight is 411 g/mol. The second-order valence-electron chi connectivity index (χ2n) is 6.01. The lowest BCUT2D eigenvalue weighted by Crippen LogP contribution is -2.64. The van der Waals surface area contributed by atoms with Crippen LogP contribution in [-0.2, 0) is 9.59 Å². The van der Waals surface area contributed by atoms with Crippen molar-refractivity contribution in [2.24, 2.45) is 10.1 Å². The molecule has 1 saturated heterocycles. The Morgan fingerprint density at radius 1 is 1.30 bits per heavy atom. The van der Waals surface area contributed by atoms with E-state index in [4.69, 9.17) is 23.2 Å². The Morgan fingerprint density at radius 2 is 1.96 bits per heavy atom. The van der Waals surface area contributed by atoms with E-state index in [0.717, 1.165) is 4.90 Å². The third kappa shape index (κ3) is 3.60. The highest BCUT2D eigenvalue weighted by molar-refractivity contribution is 6.38. The third-order valence-electron chi connectivity index (χ3n) is 4.29. The van der Waals surface area contributed by atoms with Crippen LogP contribution in [0.25, 0.3) is 0 Å². The first-order chi connectivity index (χ1) is 12.8. The molecule has 2 atom stereocenters.